The Morgan fingerprint density at radius 3 is 2.22 bits per heavy atom. The summed E-state index contributed by atoms with van der Waals surface area (Å²) in [6.45, 7) is 8.74. The average molecular weight is 252 g/mol. The van der Waals surface area contributed by atoms with E-state index in [0.29, 0.717) is 5.92 Å². The van der Waals surface area contributed by atoms with Gasteiger partial charge >= 0.3 is 0 Å². The van der Waals surface area contributed by atoms with Gasteiger partial charge < -0.3 is 10.2 Å². The molecule has 102 valence electrons. The van der Waals surface area contributed by atoms with Crippen molar-refractivity contribution in [1.29, 1.82) is 0 Å². The third-order valence-corrected chi connectivity index (χ3v) is 3.90. The topological polar surface area (TPSA) is 49.4 Å². The van der Waals surface area contributed by atoms with Gasteiger partial charge in [0.05, 0.1) is 0 Å². The molecule has 2 aliphatic rings. The Hall–Kier alpha value is -1.06. The maximum atomic E-state index is 12.5. The number of nitrogens with one attached hydrogen (secondary N) is 1. The van der Waals surface area contributed by atoms with E-state index in [0.717, 1.165) is 6.54 Å². The molecule has 0 aromatic carbocycles. The molecule has 18 heavy (non-hydrogen) atoms. The average Bonchev–Trinajstić information content (AvgIpc) is 3.05. The molecular formula is C14H24N2O2. The first-order chi connectivity index (χ1) is 8.41. The zero-order valence-electron chi connectivity index (χ0n) is 11.8. The molecule has 2 rings (SSSR count). The molecule has 0 bridgehead atoms. The van der Waals surface area contributed by atoms with Crippen LogP contribution in [0, 0.1) is 17.8 Å². The number of carbonyl (C=O) groups is 2. The van der Waals surface area contributed by atoms with Crippen molar-refractivity contribution in [2.75, 3.05) is 6.54 Å². The van der Waals surface area contributed by atoms with Crippen molar-refractivity contribution in [1.82, 2.24) is 10.2 Å². The molecule has 2 fully saturated rings. The van der Waals surface area contributed by atoms with Gasteiger partial charge in [-0.05, 0) is 30.6 Å². The minimum absolute atomic E-state index is 0.0175. The second kappa shape index (κ2) is 4.90. The third-order valence-electron chi connectivity index (χ3n) is 3.90. The van der Waals surface area contributed by atoms with Crippen LogP contribution in [0.2, 0.25) is 0 Å². The van der Waals surface area contributed by atoms with Crippen LogP contribution >= 0.6 is 0 Å². The van der Waals surface area contributed by atoms with Gasteiger partial charge in [-0.2, -0.15) is 0 Å². The van der Waals surface area contributed by atoms with E-state index < -0.39 is 0 Å². The quantitative estimate of drug-likeness (QED) is 0.822. The van der Waals surface area contributed by atoms with Crippen LogP contribution in [-0.2, 0) is 9.59 Å². The summed E-state index contributed by atoms with van der Waals surface area (Å²) in [6, 6.07) is -0.626. The lowest BCUT2D eigenvalue weighted by Gasteiger charge is -2.42. The lowest BCUT2D eigenvalue weighted by atomic mass is 9.92. The van der Waals surface area contributed by atoms with E-state index in [9.17, 15) is 9.59 Å². The first-order valence-electron chi connectivity index (χ1n) is 7.02. The molecule has 2 amide bonds. The second-order valence-electron chi connectivity index (χ2n) is 6.35. The smallest absolute Gasteiger partial charge is 0.246 e. The highest BCUT2D eigenvalue weighted by Crippen LogP contribution is 2.32. The van der Waals surface area contributed by atoms with Crippen LogP contribution in [0.25, 0.3) is 0 Å². The van der Waals surface area contributed by atoms with Crippen molar-refractivity contribution in [2.24, 2.45) is 17.8 Å². The Morgan fingerprint density at radius 2 is 1.78 bits per heavy atom. The van der Waals surface area contributed by atoms with Gasteiger partial charge in [0, 0.05) is 6.54 Å². The molecule has 0 aromatic heterocycles. The predicted molar refractivity (Wildman–Crippen MR) is 69.8 cm³/mol. The fourth-order valence-electron chi connectivity index (χ4n) is 2.65. The normalized spacial score (nSPS) is 29.1. The van der Waals surface area contributed by atoms with Crippen molar-refractivity contribution in [3.63, 3.8) is 0 Å². The highest BCUT2D eigenvalue weighted by atomic mass is 16.2. The van der Waals surface area contributed by atoms with Gasteiger partial charge in [-0.3, -0.25) is 9.59 Å². The summed E-state index contributed by atoms with van der Waals surface area (Å²) in [6.07, 6.45) is 2.39. The summed E-state index contributed by atoms with van der Waals surface area (Å²) >= 11 is 0. The fraction of sp³-hybridized carbons (Fsp3) is 0.857. The van der Waals surface area contributed by atoms with Crippen molar-refractivity contribution in [3.8, 4) is 0 Å². The number of piperazine rings is 1. The highest BCUT2D eigenvalue weighted by Gasteiger charge is 2.44. The van der Waals surface area contributed by atoms with E-state index in [1.165, 1.54) is 12.8 Å². The third kappa shape index (κ3) is 2.52. The fourth-order valence-corrected chi connectivity index (χ4v) is 2.65. The van der Waals surface area contributed by atoms with Crippen LogP contribution in [-0.4, -0.2) is 35.3 Å². The van der Waals surface area contributed by atoms with Gasteiger partial charge in [-0.25, -0.2) is 0 Å². The molecule has 0 aromatic rings. The molecule has 2 atom stereocenters. The summed E-state index contributed by atoms with van der Waals surface area (Å²) in [5, 5.41) is 2.89. The molecule has 2 unspecified atom stereocenters. The number of nitrogens with zero attached hydrogens (tertiary/aromatic N) is 1. The van der Waals surface area contributed by atoms with Crippen molar-refractivity contribution >= 4 is 11.8 Å². The first-order valence-corrected chi connectivity index (χ1v) is 7.02. The summed E-state index contributed by atoms with van der Waals surface area (Å²) in [5.41, 5.74) is 0. The molecule has 1 saturated carbocycles. The molecule has 1 saturated heterocycles. The van der Waals surface area contributed by atoms with E-state index in [1.54, 1.807) is 0 Å². The minimum Gasteiger partial charge on any atom is -0.342 e. The van der Waals surface area contributed by atoms with Gasteiger partial charge in [0.2, 0.25) is 11.8 Å². The van der Waals surface area contributed by atoms with Gasteiger partial charge in [-0.15, -0.1) is 0 Å². The Morgan fingerprint density at radius 1 is 1.17 bits per heavy atom. The number of hydrogen-bond acceptors (Lipinski definition) is 2. The van der Waals surface area contributed by atoms with Crippen LogP contribution in [0.3, 0.4) is 0 Å². The molecule has 0 radical (unpaired) electrons. The summed E-state index contributed by atoms with van der Waals surface area (Å²) in [5.74, 6) is 1.06. The van der Waals surface area contributed by atoms with Crippen molar-refractivity contribution < 1.29 is 9.59 Å². The monoisotopic (exact) mass is 252 g/mol. The molecule has 0 spiro atoms. The number of rotatable bonds is 4. The molecule has 4 nitrogen and oxygen atoms in total. The molecule has 1 aliphatic heterocycles. The lowest BCUT2D eigenvalue weighted by Crippen LogP contribution is -2.66. The van der Waals surface area contributed by atoms with Crippen LogP contribution in [0.4, 0.5) is 0 Å². The second-order valence-corrected chi connectivity index (χ2v) is 6.35. The molecular weight excluding hydrogens is 228 g/mol. The van der Waals surface area contributed by atoms with E-state index in [2.05, 4.69) is 5.32 Å². The summed E-state index contributed by atoms with van der Waals surface area (Å²) < 4.78 is 0. The van der Waals surface area contributed by atoms with E-state index in [1.807, 2.05) is 32.6 Å². The highest BCUT2D eigenvalue weighted by molar-refractivity contribution is 5.97. The van der Waals surface area contributed by atoms with Gasteiger partial charge in [0.15, 0.2) is 0 Å². The number of hydrogen-bond donors (Lipinski definition) is 1. The Kier molecular flexibility index (Phi) is 3.64. The lowest BCUT2D eigenvalue weighted by molar-refractivity contribution is -0.152. The molecule has 4 heteroatoms. The summed E-state index contributed by atoms with van der Waals surface area (Å²) in [7, 11) is 0. The summed E-state index contributed by atoms with van der Waals surface area (Å²) in [4.78, 5) is 26.5. The predicted octanol–water partition coefficient (Wildman–Crippen LogP) is 1.40. The number of amides is 2. The maximum Gasteiger partial charge on any atom is 0.246 e. The minimum atomic E-state index is -0.341. The van der Waals surface area contributed by atoms with Crippen molar-refractivity contribution in [3.05, 3.63) is 0 Å². The van der Waals surface area contributed by atoms with E-state index in [4.69, 9.17) is 0 Å². The zero-order valence-corrected chi connectivity index (χ0v) is 11.8. The van der Waals surface area contributed by atoms with Crippen LogP contribution in [0.1, 0.15) is 40.5 Å². The van der Waals surface area contributed by atoms with Crippen LogP contribution in [0.5, 0.6) is 0 Å². The van der Waals surface area contributed by atoms with Gasteiger partial charge in [0.1, 0.15) is 12.1 Å². The molecule has 1 heterocycles. The zero-order chi connectivity index (χ0) is 13.4. The molecule has 1 N–H and O–H groups in total. The Labute approximate surface area is 109 Å². The van der Waals surface area contributed by atoms with Gasteiger partial charge in [-0.1, -0.05) is 27.7 Å². The Balaban J connectivity index is 2.20. The number of carbonyl (C=O) groups excluding carboxylic acids is 2. The van der Waals surface area contributed by atoms with E-state index >= 15 is 0 Å². The van der Waals surface area contributed by atoms with Crippen LogP contribution < -0.4 is 5.32 Å². The maximum absolute atomic E-state index is 12.5. The molecule has 1 aliphatic carbocycles. The van der Waals surface area contributed by atoms with E-state index in [-0.39, 0.29) is 35.7 Å². The first kappa shape index (κ1) is 13.4. The van der Waals surface area contributed by atoms with Crippen molar-refractivity contribution in [2.45, 2.75) is 52.6 Å². The Bertz CT molecular complexity index is 348. The van der Waals surface area contributed by atoms with Gasteiger partial charge in [0.25, 0.3) is 0 Å². The standard InChI is InChI=1S/C14H24N2O2/c1-8(2)11-14(18)16(7-10-5-6-10)12(9(3)4)13(17)15-11/h8-12H,5-7H2,1-4H3,(H,15,17). The van der Waals surface area contributed by atoms with Crippen LogP contribution in [0.15, 0.2) is 0 Å². The largest absolute Gasteiger partial charge is 0.342 e. The SMILES string of the molecule is CC(C)C1NC(=O)C(C(C)C)N(CC2CC2)C1=O.